The lowest BCUT2D eigenvalue weighted by molar-refractivity contribution is 0.0953. The fourth-order valence-corrected chi connectivity index (χ4v) is 2.75. The molecule has 0 heterocycles. The molecule has 1 amide bonds. The second kappa shape index (κ2) is 8.87. The molecule has 0 unspecified atom stereocenters. The standard InChI is InChI=1S/C22H22N2O3/c1-2-26-21-13-10-18(22(25)24-23)14-19(21)15-27-20-11-8-17(9-12-20)16-6-4-3-5-7-16/h3-14H,2,15,23H2,1H3,(H,24,25). The third-order valence-corrected chi connectivity index (χ3v) is 4.11. The van der Waals surface area contributed by atoms with Gasteiger partial charge in [0.15, 0.2) is 0 Å². The predicted octanol–water partition coefficient (Wildman–Crippen LogP) is 3.93. The fraction of sp³-hybridized carbons (Fsp3) is 0.136. The van der Waals surface area contributed by atoms with E-state index >= 15 is 0 Å². The van der Waals surface area contributed by atoms with Crippen LogP contribution in [0.3, 0.4) is 0 Å². The number of hydrazine groups is 1. The minimum absolute atomic E-state index is 0.283. The Kier molecular flexibility index (Phi) is 6.07. The van der Waals surface area contributed by atoms with Crippen LogP contribution in [0, 0.1) is 0 Å². The topological polar surface area (TPSA) is 73.6 Å². The molecule has 0 fully saturated rings. The number of carbonyl (C=O) groups is 1. The number of carbonyl (C=O) groups excluding carboxylic acids is 1. The Labute approximate surface area is 158 Å². The molecule has 0 bridgehead atoms. The highest BCUT2D eigenvalue weighted by atomic mass is 16.5. The first-order valence-electron chi connectivity index (χ1n) is 8.76. The van der Waals surface area contributed by atoms with Crippen molar-refractivity contribution in [2.45, 2.75) is 13.5 Å². The number of benzene rings is 3. The van der Waals surface area contributed by atoms with Crippen LogP contribution in [0.4, 0.5) is 0 Å². The van der Waals surface area contributed by atoms with Gasteiger partial charge >= 0.3 is 0 Å². The number of nitrogens with one attached hydrogen (secondary N) is 1. The lowest BCUT2D eigenvalue weighted by Crippen LogP contribution is -2.30. The van der Waals surface area contributed by atoms with Crippen molar-refractivity contribution >= 4 is 5.91 Å². The van der Waals surface area contributed by atoms with E-state index in [4.69, 9.17) is 15.3 Å². The summed E-state index contributed by atoms with van der Waals surface area (Å²) in [5, 5.41) is 0. The van der Waals surface area contributed by atoms with Crippen LogP contribution in [0.5, 0.6) is 11.5 Å². The van der Waals surface area contributed by atoms with Crippen LogP contribution in [-0.2, 0) is 6.61 Å². The van der Waals surface area contributed by atoms with E-state index in [9.17, 15) is 4.79 Å². The largest absolute Gasteiger partial charge is 0.493 e. The normalized spacial score (nSPS) is 10.3. The summed E-state index contributed by atoms with van der Waals surface area (Å²) >= 11 is 0. The summed E-state index contributed by atoms with van der Waals surface area (Å²) in [7, 11) is 0. The van der Waals surface area contributed by atoms with Crippen LogP contribution < -0.4 is 20.7 Å². The maximum atomic E-state index is 11.8. The lowest BCUT2D eigenvalue weighted by atomic mass is 10.1. The van der Waals surface area contributed by atoms with Gasteiger partial charge in [0.2, 0.25) is 0 Å². The molecule has 0 saturated heterocycles. The fourth-order valence-electron chi connectivity index (χ4n) is 2.75. The molecule has 0 spiro atoms. The zero-order valence-corrected chi connectivity index (χ0v) is 15.1. The van der Waals surface area contributed by atoms with Gasteiger partial charge in [-0.05, 0) is 48.4 Å². The Morgan fingerprint density at radius 2 is 1.63 bits per heavy atom. The molecule has 3 aromatic rings. The minimum Gasteiger partial charge on any atom is -0.493 e. The molecule has 5 heteroatoms. The molecule has 3 rings (SSSR count). The highest BCUT2D eigenvalue weighted by Crippen LogP contribution is 2.25. The van der Waals surface area contributed by atoms with E-state index in [2.05, 4.69) is 17.6 Å². The average Bonchev–Trinajstić information content (AvgIpc) is 2.73. The zero-order valence-electron chi connectivity index (χ0n) is 15.1. The summed E-state index contributed by atoms with van der Waals surface area (Å²) in [6, 6.07) is 23.2. The van der Waals surface area contributed by atoms with Gasteiger partial charge in [-0.15, -0.1) is 0 Å². The van der Waals surface area contributed by atoms with Gasteiger partial charge in [0.05, 0.1) is 6.61 Å². The van der Waals surface area contributed by atoms with Gasteiger partial charge in [0, 0.05) is 11.1 Å². The van der Waals surface area contributed by atoms with Crippen LogP contribution in [0.15, 0.2) is 72.8 Å². The van der Waals surface area contributed by atoms with Crippen molar-refractivity contribution < 1.29 is 14.3 Å². The van der Waals surface area contributed by atoms with Crippen LogP contribution in [0.1, 0.15) is 22.8 Å². The first-order valence-corrected chi connectivity index (χ1v) is 8.76. The molecule has 0 aliphatic rings. The molecule has 0 radical (unpaired) electrons. The lowest BCUT2D eigenvalue weighted by Gasteiger charge is -2.13. The number of ether oxygens (including phenoxy) is 2. The van der Waals surface area contributed by atoms with E-state index < -0.39 is 0 Å². The van der Waals surface area contributed by atoms with E-state index in [0.29, 0.717) is 17.9 Å². The molecule has 5 nitrogen and oxygen atoms in total. The molecular weight excluding hydrogens is 340 g/mol. The third kappa shape index (κ3) is 4.65. The molecule has 3 N–H and O–H groups in total. The Balaban J connectivity index is 1.74. The summed E-state index contributed by atoms with van der Waals surface area (Å²) < 4.78 is 11.5. The van der Waals surface area contributed by atoms with Crippen molar-refractivity contribution in [1.29, 1.82) is 0 Å². The van der Waals surface area contributed by atoms with Gasteiger partial charge in [0.1, 0.15) is 18.1 Å². The van der Waals surface area contributed by atoms with Crippen molar-refractivity contribution in [1.82, 2.24) is 5.43 Å². The van der Waals surface area contributed by atoms with Crippen molar-refractivity contribution in [2.24, 2.45) is 5.84 Å². The van der Waals surface area contributed by atoms with Gasteiger partial charge in [-0.25, -0.2) is 5.84 Å². The van der Waals surface area contributed by atoms with Gasteiger partial charge in [-0.3, -0.25) is 10.2 Å². The smallest absolute Gasteiger partial charge is 0.265 e. The molecule has 27 heavy (non-hydrogen) atoms. The number of nitrogen functional groups attached to an aromatic ring is 1. The molecular formula is C22H22N2O3. The Hall–Kier alpha value is -3.31. The van der Waals surface area contributed by atoms with Gasteiger partial charge in [0.25, 0.3) is 5.91 Å². The van der Waals surface area contributed by atoms with Gasteiger partial charge in [-0.1, -0.05) is 42.5 Å². The van der Waals surface area contributed by atoms with E-state index in [1.807, 2.05) is 49.4 Å². The second-order valence-electron chi connectivity index (χ2n) is 5.91. The van der Waals surface area contributed by atoms with Crippen LogP contribution >= 0.6 is 0 Å². The number of nitrogens with two attached hydrogens (primary N) is 1. The maximum Gasteiger partial charge on any atom is 0.265 e. The predicted molar refractivity (Wildman–Crippen MR) is 105 cm³/mol. The van der Waals surface area contributed by atoms with E-state index in [1.165, 1.54) is 0 Å². The highest BCUT2D eigenvalue weighted by molar-refractivity contribution is 5.94. The Bertz CT molecular complexity index is 893. The number of rotatable bonds is 7. The minimum atomic E-state index is -0.355. The molecule has 3 aromatic carbocycles. The molecule has 0 saturated carbocycles. The molecule has 138 valence electrons. The zero-order chi connectivity index (χ0) is 19.1. The van der Waals surface area contributed by atoms with Crippen LogP contribution in [-0.4, -0.2) is 12.5 Å². The number of hydrogen-bond donors (Lipinski definition) is 2. The summed E-state index contributed by atoms with van der Waals surface area (Å²) in [4.78, 5) is 11.8. The Morgan fingerprint density at radius 3 is 2.30 bits per heavy atom. The SMILES string of the molecule is CCOc1ccc(C(=O)NN)cc1COc1ccc(-c2ccccc2)cc1. The Morgan fingerprint density at radius 1 is 0.926 bits per heavy atom. The van der Waals surface area contributed by atoms with Crippen molar-refractivity contribution in [3.05, 3.63) is 83.9 Å². The number of hydrogen-bond acceptors (Lipinski definition) is 4. The summed E-state index contributed by atoms with van der Waals surface area (Å²) in [6.45, 7) is 2.72. The first-order chi connectivity index (χ1) is 13.2. The first kappa shape index (κ1) is 18.5. The van der Waals surface area contributed by atoms with Gasteiger partial charge < -0.3 is 9.47 Å². The quantitative estimate of drug-likeness (QED) is 0.379. The van der Waals surface area contributed by atoms with E-state index in [0.717, 1.165) is 22.4 Å². The highest BCUT2D eigenvalue weighted by Gasteiger charge is 2.10. The monoisotopic (exact) mass is 362 g/mol. The summed E-state index contributed by atoms with van der Waals surface area (Å²) in [5.74, 6) is 6.29. The average molecular weight is 362 g/mol. The van der Waals surface area contributed by atoms with Crippen LogP contribution in [0.2, 0.25) is 0 Å². The van der Waals surface area contributed by atoms with Gasteiger partial charge in [-0.2, -0.15) is 0 Å². The molecule has 0 aliphatic heterocycles. The second-order valence-corrected chi connectivity index (χ2v) is 5.91. The van der Waals surface area contributed by atoms with Crippen molar-refractivity contribution in [3.63, 3.8) is 0 Å². The van der Waals surface area contributed by atoms with Crippen molar-refractivity contribution in [2.75, 3.05) is 6.61 Å². The van der Waals surface area contributed by atoms with Crippen LogP contribution in [0.25, 0.3) is 11.1 Å². The summed E-state index contributed by atoms with van der Waals surface area (Å²) in [5.41, 5.74) is 5.66. The molecule has 0 aliphatic carbocycles. The van der Waals surface area contributed by atoms with E-state index in [-0.39, 0.29) is 12.5 Å². The van der Waals surface area contributed by atoms with E-state index in [1.54, 1.807) is 18.2 Å². The molecule has 0 atom stereocenters. The number of amides is 1. The summed E-state index contributed by atoms with van der Waals surface area (Å²) in [6.07, 6.45) is 0. The maximum absolute atomic E-state index is 11.8. The molecule has 0 aromatic heterocycles. The third-order valence-electron chi connectivity index (χ3n) is 4.11. The van der Waals surface area contributed by atoms with Crippen molar-refractivity contribution in [3.8, 4) is 22.6 Å².